The van der Waals surface area contributed by atoms with Crippen LogP contribution in [0.4, 0.5) is 11.4 Å². The van der Waals surface area contributed by atoms with E-state index in [2.05, 4.69) is 15.9 Å². The fraction of sp³-hybridized carbons (Fsp3) is 0. The standard InChI is InChI=1S/C12H8BrCl3N2O/c13-6-3-5(14)4-9(10(6)16)19-12-7(15)1-2-8(17)11(12)18/h1-4H,17-18H2. The predicted molar refractivity (Wildman–Crippen MR) is 84.5 cm³/mol. The third kappa shape index (κ3) is 3.03. The molecule has 0 unspecified atom stereocenters. The lowest BCUT2D eigenvalue weighted by Crippen LogP contribution is -1.98. The molecule has 0 bridgehead atoms. The molecule has 0 aliphatic carbocycles. The first kappa shape index (κ1) is 14.6. The zero-order chi connectivity index (χ0) is 14.2. The molecule has 0 aliphatic heterocycles. The van der Waals surface area contributed by atoms with E-state index >= 15 is 0 Å². The van der Waals surface area contributed by atoms with Gasteiger partial charge >= 0.3 is 0 Å². The summed E-state index contributed by atoms with van der Waals surface area (Å²) in [5.74, 6) is 0.581. The molecule has 0 amide bonds. The SMILES string of the molecule is Nc1ccc(Cl)c(Oc2cc(Cl)cc(Br)c2Cl)c1N. The Balaban J connectivity index is 2.51. The van der Waals surface area contributed by atoms with E-state index in [9.17, 15) is 0 Å². The summed E-state index contributed by atoms with van der Waals surface area (Å²) in [7, 11) is 0. The Morgan fingerprint density at radius 2 is 1.74 bits per heavy atom. The first-order valence-electron chi connectivity index (χ1n) is 5.06. The van der Waals surface area contributed by atoms with Gasteiger partial charge in [-0.3, -0.25) is 0 Å². The van der Waals surface area contributed by atoms with Gasteiger partial charge < -0.3 is 16.2 Å². The first-order chi connectivity index (χ1) is 8.90. The lowest BCUT2D eigenvalue weighted by Gasteiger charge is -2.13. The van der Waals surface area contributed by atoms with Gasteiger partial charge in [0.15, 0.2) is 5.75 Å². The molecular formula is C12H8BrCl3N2O. The highest BCUT2D eigenvalue weighted by atomic mass is 79.9. The topological polar surface area (TPSA) is 61.3 Å². The van der Waals surface area contributed by atoms with Gasteiger partial charge in [0.1, 0.15) is 5.75 Å². The molecule has 2 aromatic rings. The molecule has 2 aromatic carbocycles. The highest BCUT2D eigenvalue weighted by Gasteiger charge is 2.14. The van der Waals surface area contributed by atoms with Gasteiger partial charge in [0.2, 0.25) is 0 Å². The minimum atomic E-state index is 0.248. The van der Waals surface area contributed by atoms with Crippen LogP contribution in [-0.2, 0) is 0 Å². The van der Waals surface area contributed by atoms with Crippen molar-refractivity contribution in [3.8, 4) is 11.5 Å². The molecule has 0 atom stereocenters. The number of nitrogens with two attached hydrogens (primary N) is 2. The van der Waals surface area contributed by atoms with Crippen molar-refractivity contribution >= 4 is 62.1 Å². The van der Waals surface area contributed by atoms with Crippen LogP contribution in [-0.4, -0.2) is 0 Å². The van der Waals surface area contributed by atoms with Crippen LogP contribution < -0.4 is 16.2 Å². The minimum Gasteiger partial charge on any atom is -0.452 e. The van der Waals surface area contributed by atoms with E-state index in [0.29, 0.717) is 31.0 Å². The lowest BCUT2D eigenvalue weighted by atomic mass is 10.2. The van der Waals surface area contributed by atoms with Crippen molar-refractivity contribution in [2.45, 2.75) is 0 Å². The number of ether oxygens (including phenoxy) is 1. The Hall–Kier alpha value is -0.810. The van der Waals surface area contributed by atoms with Gasteiger partial charge in [0.25, 0.3) is 0 Å². The number of halogens is 4. The van der Waals surface area contributed by atoms with Crippen molar-refractivity contribution in [2.75, 3.05) is 11.5 Å². The summed E-state index contributed by atoms with van der Waals surface area (Å²) in [6.45, 7) is 0. The number of benzene rings is 2. The first-order valence-corrected chi connectivity index (χ1v) is 6.98. The molecule has 0 saturated heterocycles. The van der Waals surface area contributed by atoms with Crippen molar-refractivity contribution in [2.24, 2.45) is 0 Å². The van der Waals surface area contributed by atoms with Crippen LogP contribution in [0.25, 0.3) is 0 Å². The summed E-state index contributed by atoms with van der Waals surface area (Å²) in [5, 5.41) is 1.16. The predicted octanol–water partition coefficient (Wildman–Crippen LogP) is 5.37. The molecule has 2 rings (SSSR count). The number of nitrogen functional groups attached to an aromatic ring is 2. The zero-order valence-corrected chi connectivity index (χ0v) is 13.2. The van der Waals surface area contributed by atoms with Gasteiger partial charge in [-0.05, 0) is 34.1 Å². The van der Waals surface area contributed by atoms with Crippen LogP contribution in [0.2, 0.25) is 15.1 Å². The zero-order valence-electron chi connectivity index (χ0n) is 9.38. The van der Waals surface area contributed by atoms with E-state index in [1.165, 1.54) is 0 Å². The Kier molecular flexibility index (Phi) is 4.36. The molecule has 19 heavy (non-hydrogen) atoms. The van der Waals surface area contributed by atoms with Crippen LogP contribution in [0.3, 0.4) is 0 Å². The second-order valence-corrected chi connectivity index (χ2v) is 5.76. The van der Waals surface area contributed by atoms with Crippen molar-refractivity contribution in [1.82, 2.24) is 0 Å². The molecule has 0 saturated carbocycles. The van der Waals surface area contributed by atoms with Crippen molar-refractivity contribution in [3.63, 3.8) is 0 Å². The third-order valence-electron chi connectivity index (χ3n) is 2.35. The Morgan fingerprint density at radius 1 is 1.05 bits per heavy atom. The molecule has 0 aromatic heterocycles. The summed E-state index contributed by atoms with van der Waals surface area (Å²) >= 11 is 21.4. The van der Waals surface area contributed by atoms with Crippen LogP contribution >= 0.6 is 50.7 Å². The van der Waals surface area contributed by atoms with Crippen LogP contribution in [0.15, 0.2) is 28.7 Å². The quantitative estimate of drug-likeness (QED) is 0.542. The summed E-state index contributed by atoms with van der Waals surface area (Å²) < 4.78 is 6.24. The van der Waals surface area contributed by atoms with Gasteiger partial charge in [-0.25, -0.2) is 0 Å². The normalized spacial score (nSPS) is 10.5. The molecule has 100 valence electrons. The van der Waals surface area contributed by atoms with Gasteiger partial charge in [-0.2, -0.15) is 0 Å². The highest BCUT2D eigenvalue weighted by Crippen LogP contribution is 2.43. The Labute approximate surface area is 133 Å². The number of rotatable bonds is 2. The Bertz CT molecular complexity index is 649. The number of hydrogen-bond acceptors (Lipinski definition) is 3. The van der Waals surface area contributed by atoms with Crippen molar-refractivity contribution in [3.05, 3.63) is 43.8 Å². The summed E-state index contributed by atoms with van der Waals surface area (Å²) in [6.07, 6.45) is 0. The molecule has 0 radical (unpaired) electrons. The van der Waals surface area contributed by atoms with Gasteiger partial charge in [0.05, 0.1) is 21.4 Å². The molecule has 0 fully saturated rings. The summed E-state index contributed by atoms with van der Waals surface area (Å²) in [4.78, 5) is 0. The molecule has 0 aliphatic rings. The van der Waals surface area contributed by atoms with Gasteiger partial charge in [-0.15, -0.1) is 0 Å². The lowest BCUT2D eigenvalue weighted by molar-refractivity contribution is 0.485. The van der Waals surface area contributed by atoms with E-state index in [1.807, 2.05) is 0 Å². The fourth-order valence-electron chi connectivity index (χ4n) is 1.41. The van der Waals surface area contributed by atoms with Gasteiger partial charge in [-0.1, -0.05) is 34.8 Å². The molecule has 3 nitrogen and oxygen atoms in total. The number of hydrogen-bond donors (Lipinski definition) is 2. The maximum absolute atomic E-state index is 6.11. The highest BCUT2D eigenvalue weighted by molar-refractivity contribution is 9.10. The van der Waals surface area contributed by atoms with Crippen LogP contribution in [0, 0.1) is 0 Å². The average Bonchev–Trinajstić information content (AvgIpc) is 2.35. The summed E-state index contributed by atoms with van der Waals surface area (Å²) in [6, 6.07) is 6.41. The van der Waals surface area contributed by atoms with Crippen molar-refractivity contribution < 1.29 is 4.74 Å². The van der Waals surface area contributed by atoms with E-state index in [-0.39, 0.29) is 11.4 Å². The molecule has 0 spiro atoms. The average molecular weight is 382 g/mol. The minimum absolute atomic E-state index is 0.248. The van der Waals surface area contributed by atoms with E-state index < -0.39 is 0 Å². The molecule has 7 heteroatoms. The van der Waals surface area contributed by atoms with Gasteiger partial charge in [0, 0.05) is 15.6 Å². The maximum Gasteiger partial charge on any atom is 0.171 e. The molecular weight excluding hydrogens is 374 g/mol. The van der Waals surface area contributed by atoms with Crippen molar-refractivity contribution in [1.29, 1.82) is 0 Å². The number of anilines is 2. The monoisotopic (exact) mass is 380 g/mol. The summed E-state index contributed by atoms with van der Waals surface area (Å²) in [5.41, 5.74) is 12.2. The largest absolute Gasteiger partial charge is 0.452 e. The van der Waals surface area contributed by atoms with E-state index in [1.54, 1.807) is 24.3 Å². The second kappa shape index (κ2) is 5.67. The molecule has 4 N–H and O–H groups in total. The Morgan fingerprint density at radius 3 is 2.42 bits per heavy atom. The smallest absolute Gasteiger partial charge is 0.171 e. The van der Waals surface area contributed by atoms with E-state index in [4.69, 9.17) is 51.0 Å². The van der Waals surface area contributed by atoms with Crippen LogP contribution in [0.1, 0.15) is 0 Å². The molecule has 0 heterocycles. The van der Waals surface area contributed by atoms with Crippen LogP contribution in [0.5, 0.6) is 11.5 Å². The fourth-order valence-corrected chi connectivity index (χ4v) is 2.54. The maximum atomic E-state index is 6.11. The second-order valence-electron chi connectivity index (χ2n) is 3.68. The van der Waals surface area contributed by atoms with E-state index in [0.717, 1.165) is 0 Å². The third-order valence-corrected chi connectivity index (χ3v) is 4.11.